The van der Waals surface area contributed by atoms with Crippen LogP contribution in [0.5, 0.6) is 0 Å². The van der Waals surface area contributed by atoms with E-state index < -0.39 is 0 Å². The first-order valence-electron chi connectivity index (χ1n) is 7.38. The van der Waals surface area contributed by atoms with Crippen LogP contribution in [0.2, 0.25) is 10.0 Å². The summed E-state index contributed by atoms with van der Waals surface area (Å²) in [5.74, 6) is 0.670. The maximum Gasteiger partial charge on any atom is 0.234 e. The number of aromatic amines is 1. The first-order valence-corrected chi connectivity index (χ1v) is 9.12. The van der Waals surface area contributed by atoms with Crippen molar-refractivity contribution in [1.29, 1.82) is 0 Å². The number of aromatic nitrogens is 3. The number of rotatable bonds is 5. The Kier molecular flexibility index (Phi) is 5.63. The highest BCUT2D eigenvalue weighted by Crippen LogP contribution is 2.24. The highest BCUT2D eigenvalue weighted by molar-refractivity contribution is 7.99. The standard InChI is InChI=1S/C17H14Cl2N4OS/c1-10-4-2-3-5-14(10)16-21-17(23-22-16)25-9-15(24)20-13-7-11(18)6-12(19)8-13/h2-8H,9H2,1H3,(H,20,24)(H,21,22,23). The molecule has 3 aromatic rings. The number of benzene rings is 2. The molecule has 8 heteroatoms. The van der Waals surface area contributed by atoms with Gasteiger partial charge in [0.15, 0.2) is 5.82 Å². The third-order valence-electron chi connectivity index (χ3n) is 3.34. The molecule has 0 saturated carbocycles. The molecule has 1 heterocycles. The monoisotopic (exact) mass is 392 g/mol. The molecule has 5 nitrogen and oxygen atoms in total. The lowest BCUT2D eigenvalue weighted by molar-refractivity contribution is -0.113. The molecule has 0 bridgehead atoms. The van der Waals surface area contributed by atoms with Crippen LogP contribution in [0.15, 0.2) is 47.6 Å². The van der Waals surface area contributed by atoms with E-state index in [0.717, 1.165) is 11.1 Å². The van der Waals surface area contributed by atoms with Crippen molar-refractivity contribution in [3.8, 4) is 11.4 Å². The Morgan fingerprint density at radius 3 is 2.64 bits per heavy atom. The minimum absolute atomic E-state index is 0.176. The van der Waals surface area contributed by atoms with E-state index in [0.29, 0.717) is 26.7 Å². The first-order chi connectivity index (χ1) is 12.0. The van der Waals surface area contributed by atoms with Crippen molar-refractivity contribution < 1.29 is 4.79 Å². The predicted molar refractivity (Wildman–Crippen MR) is 102 cm³/mol. The van der Waals surface area contributed by atoms with Crippen molar-refractivity contribution in [1.82, 2.24) is 15.2 Å². The molecule has 0 saturated heterocycles. The second-order valence-electron chi connectivity index (χ2n) is 5.28. The van der Waals surface area contributed by atoms with Crippen LogP contribution in [-0.4, -0.2) is 26.8 Å². The van der Waals surface area contributed by atoms with Crippen molar-refractivity contribution in [3.63, 3.8) is 0 Å². The van der Waals surface area contributed by atoms with Gasteiger partial charge in [-0.05, 0) is 30.7 Å². The third kappa shape index (κ3) is 4.75. The van der Waals surface area contributed by atoms with Crippen LogP contribution < -0.4 is 5.32 Å². The van der Waals surface area contributed by atoms with Crippen LogP contribution in [0.25, 0.3) is 11.4 Å². The van der Waals surface area contributed by atoms with E-state index in [4.69, 9.17) is 23.2 Å². The van der Waals surface area contributed by atoms with E-state index in [-0.39, 0.29) is 11.7 Å². The van der Waals surface area contributed by atoms with Crippen LogP contribution >= 0.6 is 35.0 Å². The third-order valence-corrected chi connectivity index (χ3v) is 4.63. The molecule has 2 aromatic carbocycles. The zero-order valence-corrected chi connectivity index (χ0v) is 15.5. The summed E-state index contributed by atoms with van der Waals surface area (Å²) in [7, 11) is 0. The molecule has 0 unspecified atom stereocenters. The number of thioether (sulfide) groups is 1. The van der Waals surface area contributed by atoms with Crippen LogP contribution in [0.1, 0.15) is 5.56 Å². The SMILES string of the molecule is Cc1ccccc1-c1nc(SCC(=O)Nc2cc(Cl)cc(Cl)c2)n[nH]1. The molecular weight excluding hydrogens is 379 g/mol. The summed E-state index contributed by atoms with van der Waals surface area (Å²) in [4.78, 5) is 16.5. The van der Waals surface area contributed by atoms with Gasteiger partial charge >= 0.3 is 0 Å². The minimum atomic E-state index is -0.189. The van der Waals surface area contributed by atoms with Gasteiger partial charge in [-0.2, -0.15) is 0 Å². The summed E-state index contributed by atoms with van der Waals surface area (Å²) in [5, 5.41) is 11.2. The van der Waals surface area contributed by atoms with Gasteiger partial charge in [0.05, 0.1) is 5.75 Å². The molecule has 1 aromatic heterocycles. The fourth-order valence-electron chi connectivity index (χ4n) is 2.22. The van der Waals surface area contributed by atoms with Crippen LogP contribution in [0.4, 0.5) is 5.69 Å². The Morgan fingerprint density at radius 1 is 1.20 bits per heavy atom. The number of halogens is 2. The van der Waals surface area contributed by atoms with Crippen LogP contribution in [0.3, 0.4) is 0 Å². The smallest absolute Gasteiger partial charge is 0.234 e. The van der Waals surface area contributed by atoms with Gasteiger partial charge in [-0.25, -0.2) is 4.98 Å². The Labute approximate surface area is 159 Å². The fraction of sp³-hybridized carbons (Fsp3) is 0.118. The second kappa shape index (κ2) is 7.91. The summed E-state index contributed by atoms with van der Waals surface area (Å²) >= 11 is 13.1. The van der Waals surface area contributed by atoms with E-state index in [1.807, 2.05) is 31.2 Å². The number of carbonyl (C=O) groups is 1. The van der Waals surface area contributed by atoms with E-state index in [1.165, 1.54) is 11.8 Å². The summed E-state index contributed by atoms with van der Waals surface area (Å²) in [6, 6.07) is 12.8. The van der Waals surface area contributed by atoms with Crippen molar-refractivity contribution in [2.75, 3.05) is 11.1 Å². The summed E-state index contributed by atoms with van der Waals surface area (Å²) in [5.41, 5.74) is 2.64. The molecule has 0 aliphatic carbocycles. The topological polar surface area (TPSA) is 70.7 Å². The minimum Gasteiger partial charge on any atom is -0.325 e. The Balaban J connectivity index is 1.60. The number of nitrogens with one attached hydrogen (secondary N) is 2. The van der Waals surface area contributed by atoms with Gasteiger partial charge in [-0.1, -0.05) is 59.2 Å². The summed E-state index contributed by atoms with van der Waals surface area (Å²) < 4.78 is 0. The molecule has 1 amide bonds. The average Bonchev–Trinajstić information content (AvgIpc) is 3.01. The second-order valence-corrected chi connectivity index (χ2v) is 7.09. The Bertz CT molecular complexity index is 893. The summed E-state index contributed by atoms with van der Waals surface area (Å²) in [6.07, 6.45) is 0. The van der Waals surface area contributed by atoms with Gasteiger partial charge < -0.3 is 5.32 Å². The van der Waals surface area contributed by atoms with Crippen LogP contribution in [-0.2, 0) is 4.79 Å². The lowest BCUT2D eigenvalue weighted by Crippen LogP contribution is -2.14. The molecule has 0 spiro atoms. The van der Waals surface area contributed by atoms with Crippen LogP contribution in [0, 0.1) is 6.92 Å². The molecule has 25 heavy (non-hydrogen) atoms. The number of anilines is 1. The first kappa shape index (κ1) is 17.8. The molecule has 0 radical (unpaired) electrons. The van der Waals surface area contributed by atoms with Crippen molar-refractivity contribution in [3.05, 3.63) is 58.1 Å². The van der Waals surface area contributed by atoms with E-state index in [9.17, 15) is 4.79 Å². The maximum absolute atomic E-state index is 12.1. The average molecular weight is 393 g/mol. The van der Waals surface area contributed by atoms with E-state index in [2.05, 4.69) is 20.5 Å². The number of hydrogen-bond donors (Lipinski definition) is 2. The molecule has 0 fully saturated rings. The summed E-state index contributed by atoms with van der Waals surface area (Å²) in [6.45, 7) is 2.01. The fourth-order valence-corrected chi connectivity index (χ4v) is 3.35. The number of aryl methyl sites for hydroxylation is 1. The number of amides is 1. The normalized spacial score (nSPS) is 10.7. The molecule has 0 aliphatic heterocycles. The molecule has 0 atom stereocenters. The van der Waals surface area contributed by atoms with Gasteiger partial charge in [0.2, 0.25) is 11.1 Å². The van der Waals surface area contributed by atoms with E-state index >= 15 is 0 Å². The molecule has 3 rings (SSSR count). The van der Waals surface area contributed by atoms with Gasteiger partial charge in [0.1, 0.15) is 0 Å². The highest BCUT2D eigenvalue weighted by atomic mass is 35.5. The van der Waals surface area contributed by atoms with Gasteiger partial charge in [-0.3, -0.25) is 9.89 Å². The molecule has 128 valence electrons. The lowest BCUT2D eigenvalue weighted by Gasteiger charge is -2.05. The van der Waals surface area contributed by atoms with Crippen molar-refractivity contribution in [2.45, 2.75) is 12.1 Å². The zero-order chi connectivity index (χ0) is 17.8. The van der Waals surface area contributed by atoms with E-state index in [1.54, 1.807) is 18.2 Å². The van der Waals surface area contributed by atoms with Gasteiger partial charge in [0, 0.05) is 21.3 Å². The van der Waals surface area contributed by atoms with Gasteiger partial charge in [-0.15, -0.1) is 5.10 Å². The number of carbonyl (C=O) groups excluding carboxylic acids is 1. The molecule has 0 aliphatic rings. The van der Waals surface area contributed by atoms with Gasteiger partial charge in [0.25, 0.3) is 0 Å². The maximum atomic E-state index is 12.1. The lowest BCUT2D eigenvalue weighted by atomic mass is 10.1. The largest absolute Gasteiger partial charge is 0.325 e. The molecular formula is C17H14Cl2N4OS. The predicted octanol–water partition coefficient (Wildman–Crippen LogP) is 4.82. The number of H-pyrrole nitrogens is 1. The highest BCUT2D eigenvalue weighted by Gasteiger charge is 2.11. The number of hydrogen-bond acceptors (Lipinski definition) is 4. The quantitative estimate of drug-likeness (QED) is 0.610. The Hall–Kier alpha value is -2.02. The Morgan fingerprint density at radius 2 is 1.92 bits per heavy atom. The van der Waals surface area contributed by atoms with Crippen molar-refractivity contribution >= 4 is 46.6 Å². The zero-order valence-electron chi connectivity index (χ0n) is 13.2. The number of nitrogens with zero attached hydrogens (tertiary/aromatic N) is 2. The molecule has 2 N–H and O–H groups in total. The van der Waals surface area contributed by atoms with Crippen molar-refractivity contribution in [2.24, 2.45) is 0 Å².